The van der Waals surface area contributed by atoms with E-state index in [0.29, 0.717) is 16.9 Å². The zero-order valence-electron chi connectivity index (χ0n) is 19.7. The van der Waals surface area contributed by atoms with E-state index in [-0.39, 0.29) is 38.2 Å². The number of carboxylic acids is 2. The fourth-order valence-electron chi connectivity index (χ4n) is 3.19. The Balaban J connectivity index is 2.07. The van der Waals surface area contributed by atoms with E-state index >= 15 is 0 Å². The normalized spacial score (nSPS) is 11.5. The second-order valence-corrected chi connectivity index (χ2v) is 7.91. The van der Waals surface area contributed by atoms with Crippen molar-refractivity contribution in [3.05, 3.63) is 65.2 Å². The third-order valence-electron chi connectivity index (χ3n) is 5.07. The van der Waals surface area contributed by atoms with Crippen LogP contribution < -0.4 is 15.4 Å². The Hall–Kier alpha value is -4.04. The van der Waals surface area contributed by atoms with Crippen LogP contribution in [0.15, 0.2) is 48.5 Å². The smallest absolute Gasteiger partial charge is 0.335 e. The Morgan fingerprint density at radius 3 is 1.95 bits per heavy atom. The van der Waals surface area contributed by atoms with E-state index in [1.165, 1.54) is 12.1 Å². The fraction of sp³-hybridized carbons (Fsp3) is 0.333. The Labute approximate surface area is 211 Å². The summed E-state index contributed by atoms with van der Waals surface area (Å²) in [5.74, 6) is -2.99. The molecule has 2 rings (SSSR count). The van der Waals surface area contributed by atoms with Crippen molar-refractivity contribution in [1.82, 2.24) is 10.6 Å². The number of rotatable bonds is 16. The van der Waals surface area contributed by atoms with Crippen molar-refractivity contribution in [3.8, 4) is 5.75 Å². The lowest BCUT2D eigenvalue weighted by molar-refractivity contribution is -0.286. The molecule has 0 aliphatic heterocycles. The fourth-order valence-corrected chi connectivity index (χ4v) is 3.19. The van der Waals surface area contributed by atoms with E-state index in [1.54, 1.807) is 36.4 Å². The first-order chi connectivity index (χ1) is 17.7. The van der Waals surface area contributed by atoms with E-state index in [2.05, 4.69) is 20.4 Å². The molecule has 0 saturated carbocycles. The van der Waals surface area contributed by atoms with Crippen LogP contribution in [-0.2, 0) is 37.1 Å². The largest absolute Gasteiger partial charge is 0.485 e. The summed E-state index contributed by atoms with van der Waals surface area (Å²) in [6.07, 6.45) is -1.41. The molecule has 2 aromatic rings. The summed E-state index contributed by atoms with van der Waals surface area (Å²) in [6, 6.07) is 11.3. The number of hydrogen-bond acceptors (Lipinski definition) is 9. The first-order valence-electron chi connectivity index (χ1n) is 11.1. The van der Waals surface area contributed by atoms with Gasteiger partial charge in [-0.05, 0) is 35.4 Å². The number of hydrogen-bond donors (Lipinski definition) is 6. The van der Waals surface area contributed by atoms with Gasteiger partial charge >= 0.3 is 11.9 Å². The second kappa shape index (κ2) is 15.2. The molecule has 0 aliphatic rings. The molecule has 0 saturated heterocycles. The molecular formula is C24H28N2O11. The lowest BCUT2D eigenvalue weighted by Gasteiger charge is -2.19. The van der Waals surface area contributed by atoms with Gasteiger partial charge in [0.2, 0.25) is 11.8 Å². The minimum Gasteiger partial charge on any atom is -0.485 e. The van der Waals surface area contributed by atoms with Crippen molar-refractivity contribution in [2.75, 3.05) is 13.2 Å². The summed E-state index contributed by atoms with van der Waals surface area (Å²) in [7, 11) is 0. The molecule has 13 nitrogen and oxygen atoms in total. The summed E-state index contributed by atoms with van der Waals surface area (Å²) in [5.41, 5.74) is 1.39. The van der Waals surface area contributed by atoms with Crippen molar-refractivity contribution in [2.45, 2.75) is 38.0 Å². The number of benzene rings is 2. The highest BCUT2D eigenvalue weighted by Crippen LogP contribution is 2.16. The van der Waals surface area contributed by atoms with Gasteiger partial charge in [0.1, 0.15) is 25.0 Å². The number of aromatic carboxylic acids is 1. The third kappa shape index (κ3) is 10.6. The summed E-state index contributed by atoms with van der Waals surface area (Å²) in [5, 5.41) is 40.2. The van der Waals surface area contributed by atoms with Gasteiger partial charge < -0.3 is 25.6 Å². The number of carboxylic acid groups (broad SMARTS) is 2. The second-order valence-electron chi connectivity index (χ2n) is 7.91. The maximum absolute atomic E-state index is 12.9. The Morgan fingerprint density at radius 1 is 0.811 bits per heavy atom. The average molecular weight is 520 g/mol. The topological polar surface area (TPSA) is 201 Å². The minimum atomic E-state index is -1.15. The number of carbonyl (C=O) groups is 4. The van der Waals surface area contributed by atoms with Gasteiger partial charge in [0.15, 0.2) is 6.10 Å². The van der Waals surface area contributed by atoms with Crippen LogP contribution in [0.25, 0.3) is 0 Å². The molecule has 0 radical (unpaired) electrons. The van der Waals surface area contributed by atoms with E-state index in [4.69, 9.17) is 25.5 Å². The van der Waals surface area contributed by atoms with E-state index in [1.807, 2.05) is 0 Å². The van der Waals surface area contributed by atoms with Gasteiger partial charge in [-0.1, -0.05) is 24.3 Å². The number of ether oxygens (including phenoxy) is 1. The molecule has 0 heterocycles. The highest BCUT2D eigenvalue weighted by atomic mass is 17.1. The molecule has 0 aromatic heterocycles. The van der Waals surface area contributed by atoms with Crippen molar-refractivity contribution in [1.29, 1.82) is 0 Å². The van der Waals surface area contributed by atoms with Gasteiger partial charge in [0.25, 0.3) is 0 Å². The van der Waals surface area contributed by atoms with E-state index in [9.17, 15) is 19.2 Å². The van der Waals surface area contributed by atoms with Crippen LogP contribution in [-0.4, -0.2) is 69.8 Å². The molecule has 2 aromatic carbocycles. The standard InChI is InChI=1S/C24H28N2O11/c27-21(9-10-22(28)29)26-20(23(30)25-12-16-1-5-17(6-2-16)24(31)32)11-15-3-7-18(8-4-15)37-19(13-35-33)14-36-34/h1-8,19-20,33-34H,9-14H2,(H,25,30)(H,26,27)(H,28,29)(H,31,32). The molecule has 200 valence electrons. The summed E-state index contributed by atoms with van der Waals surface area (Å²) < 4.78 is 5.52. The monoisotopic (exact) mass is 520 g/mol. The number of carbonyl (C=O) groups excluding carboxylic acids is 2. The molecule has 13 heteroatoms. The Kier molecular flexibility index (Phi) is 12.0. The number of aliphatic carboxylic acids is 1. The predicted octanol–water partition coefficient (Wildman–Crippen LogP) is 1.32. The van der Waals surface area contributed by atoms with Crippen LogP contribution in [0, 0.1) is 0 Å². The SMILES string of the molecule is O=C(O)CCC(=O)NC(Cc1ccc(OC(COO)COO)cc1)C(=O)NCc1ccc(C(=O)O)cc1. The molecule has 0 aliphatic carbocycles. The van der Waals surface area contributed by atoms with Crippen LogP contribution in [0.2, 0.25) is 0 Å². The van der Waals surface area contributed by atoms with E-state index < -0.39 is 42.3 Å². The predicted molar refractivity (Wildman–Crippen MR) is 126 cm³/mol. The molecular weight excluding hydrogens is 492 g/mol. The maximum atomic E-state index is 12.9. The molecule has 1 atom stereocenters. The van der Waals surface area contributed by atoms with Crippen molar-refractivity contribution in [3.63, 3.8) is 0 Å². The average Bonchev–Trinajstić information content (AvgIpc) is 2.87. The van der Waals surface area contributed by atoms with Crippen LogP contribution in [0.1, 0.15) is 34.3 Å². The quantitative estimate of drug-likeness (QED) is 0.138. The molecule has 0 spiro atoms. The van der Waals surface area contributed by atoms with Crippen LogP contribution in [0.3, 0.4) is 0 Å². The summed E-state index contributed by atoms with van der Waals surface area (Å²) >= 11 is 0. The molecule has 0 fully saturated rings. The highest BCUT2D eigenvalue weighted by molar-refractivity contribution is 5.89. The molecule has 37 heavy (non-hydrogen) atoms. The lowest BCUT2D eigenvalue weighted by atomic mass is 10.0. The number of nitrogens with one attached hydrogen (secondary N) is 2. The van der Waals surface area contributed by atoms with Gasteiger partial charge in [0, 0.05) is 19.4 Å². The minimum absolute atomic E-state index is 0.0752. The molecule has 6 N–H and O–H groups in total. The van der Waals surface area contributed by atoms with Gasteiger partial charge in [-0.3, -0.25) is 24.9 Å². The Morgan fingerprint density at radius 2 is 1.41 bits per heavy atom. The van der Waals surface area contributed by atoms with Crippen LogP contribution in [0.4, 0.5) is 0 Å². The van der Waals surface area contributed by atoms with Crippen molar-refractivity contribution in [2.24, 2.45) is 0 Å². The van der Waals surface area contributed by atoms with Crippen LogP contribution in [0.5, 0.6) is 5.75 Å². The summed E-state index contributed by atoms with van der Waals surface area (Å²) in [6.45, 7) is -0.438. The molecule has 2 amide bonds. The third-order valence-corrected chi connectivity index (χ3v) is 5.07. The van der Waals surface area contributed by atoms with Gasteiger partial charge in [-0.25, -0.2) is 14.6 Å². The molecule has 0 bridgehead atoms. The highest BCUT2D eigenvalue weighted by Gasteiger charge is 2.22. The lowest BCUT2D eigenvalue weighted by Crippen LogP contribution is -2.47. The maximum Gasteiger partial charge on any atom is 0.335 e. The van der Waals surface area contributed by atoms with Gasteiger partial charge in [-0.15, -0.1) is 0 Å². The van der Waals surface area contributed by atoms with Gasteiger partial charge in [-0.2, -0.15) is 0 Å². The Bertz CT molecular complexity index is 1040. The molecule has 1 unspecified atom stereocenters. The van der Waals surface area contributed by atoms with Gasteiger partial charge in [0.05, 0.1) is 12.0 Å². The van der Waals surface area contributed by atoms with E-state index in [0.717, 1.165) is 0 Å². The van der Waals surface area contributed by atoms with Crippen LogP contribution >= 0.6 is 0 Å². The van der Waals surface area contributed by atoms with Crippen molar-refractivity contribution < 1.29 is 54.4 Å². The first-order valence-corrected chi connectivity index (χ1v) is 11.1. The van der Waals surface area contributed by atoms with Crippen molar-refractivity contribution >= 4 is 23.8 Å². The zero-order chi connectivity index (χ0) is 27.2. The number of amides is 2. The zero-order valence-corrected chi connectivity index (χ0v) is 19.7. The summed E-state index contributed by atoms with van der Waals surface area (Å²) in [4.78, 5) is 54.9. The first kappa shape index (κ1) is 29.2.